The third-order valence-corrected chi connectivity index (χ3v) is 2.93. The molecule has 1 heterocycles. The highest BCUT2D eigenvalue weighted by Crippen LogP contribution is 2.08. The molecule has 5 nitrogen and oxygen atoms in total. The van der Waals surface area contributed by atoms with Crippen molar-refractivity contribution in [3.63, 3.8) is 0 Å². The van der Waals surface area contributed by atoms with Gasteiger partial charge in [-0.15, -0.1) is 0 Å². The summed E-state index contributed by atoms with van der Waals surface area (Å²) in [5, 5.41) is 9.79. The van der Waals surface area contributed by atoms with Crippen LogP contribution in [-0.4, -0.2) is 65.7 Å². The Kier molecular flexibility index (Phi) is 5.41. The predicted octanol–water partition coefficient (Wildman–Crippen LogP) is 0.346. The molecule has 106 valence electrons. The lowest BCUT2D eigenvalue weighted by molar-refractivity contribution is 0.0250. The second-order valence-electron chi connectivity index (χ2n) is 6.17. The summed E-state index contributed by atoms with van der Waals surface area (Å²) in [6.07, 6.45) is 0. The maximum Gasteiger partial charge on any atom is 0.191 e. The van der Waals surface area contributed by atoms with Crippen molar-refractivity contribution in [2.24, 2.45) is 16.6 Å². The Morgan fingerprint density at radius 3 is 2.28 bits per heavy atom. The molecule has 1 fully saturated rings. The topological polar surface area (TPSA) is 65.1 Å². The second-order valence-corrected chi connectivity index (χ2v) is 6.17. The fourth-order valence-corrected chi connectivity index (χ4v) is 2.06. The highest BCUT2D eigenvalue weighted by Gasteiger charge is 2.23. The van der Waals surface area contributed by atoms with Gasteiger partial charge in [0.15, 0.2) is 5.96 Å². The summed E-state index contributed by atoms with van der Waals surface area (Å²) in [6.45, 7) is 13.1. The standard InChI is InChI=1S/C13H28N4O/c1-11(2)9-15-12(14)17-7-5-16(6-8-17)10-13(3,4)18/h11,18H,5-10H2,1-4H3,(H2,14,15). The van der Waals surface area contributed by atoms with Gasteiger partial charge in [-0.2, -0.15) is 0 Å². The number of rotatable bonds is 4. The Bertz CT molecular complexity index is 275. The number of aliphatic hydroxyl groups is 1. The van der Waals surface area contributed by atoms with Crippen LogP contribution in [0.25, 0.3) is 0 Å². The monoisotopic (exact) mass is 256 g/mol. The van der Waals surface area contributed by atoms with Gasteiger partial charge in [0, 0.05) is 39.3 Å². The Morgan fingerprint density at radius 1 is 1.28 bits per heavy atom. The van der Waals surface area contributed by atoms with Gasteiger partial charge < -0.3 is 15.7 Å². The molecular weight excluding hydrogens is 228 g/mol. The second kappa shape index (κ2) is 6.38. The lowest BCUT2D eigenvalue weighted by atomic mass is 10.1. The van der Waals surface area contributed by atoms with Crippen molar-refractivity contribution >= 4 is 5.96 Å². The lowest BCUT2D eigenvalue weighted by Gasteiger charge is -2.37. The van der Waals surface area contributed by atoms with E-state index in [1.54, 1.807) is 0 Å². The Hall–Kier alpha value is -0.810. The van der Waals surface area contributed by atoms with Gasteiger partial charge in [0.25, 0.3) is 0 Å². The number of nitrogens with two attached hydrogens (primary N) is 1. The Labute approximate surface area is 111 Å². The van der Waals surface area contributed by atoms with E-state index in [9.17, 15) is 5.11 Å². The van der Waals surface area contributed by atoms with Crippen LogP contribution >= 0.6 is 0 Å². The molecule has 1 rings (SSSR count). The molecule has 1 aliphatic heterocycles. The van der Waals surface area contributed by atoms with Crippen molar-refractivity contribution in [3.8, 4) is 0 Å². The summed E-state index contributed by atoms with van der Waals surface area (Å²) in [4.78, 5) is 8.80. The fourth-order valence-electron chi connectivity index (χ4n) is 2.06. The SMILES string of the molecule is CC(C)CN=C(N)N1CCN(CC(C)(C)O)CC1. The van der Waals surface area contributed by atoms with E-state index in [0.717, 1.165) is 32.7 Å². The maximum absolute atomic E-state index is 9.79. The van der Waals surface area contributed by atoms with Crippen LogP contribution in [0, 0.1) is 5.92 Å². The van der Waals surface area contributed by atoms with Crippen LogP contribution in [0.5, 0.6) is 0 Å². The van der Waals surface area contributed by atoms with Gasteiger partial charge in [-0.25, -0.2) is 0 Å². The van der Waals surface area contributed by atoms with Crippen LogP contribution in [0.15, 0.2) is 4.99 Å². The van der Waals surface area contributed by atoms with Crippen molar-refractivity contribution in [2.75, 3.05) is 39.3 Å². The van der Waals surface area contributed by atoms with Gasteiger partial charge in [-0.1, -0.05) is 13.8 Å². The zero-order chi connectivity index (χ0) is 13.8. The van der Waals surface area contributed by atoms with Crippen LogP contribution in [0.4, 0.5) is 0 Å². The van der Waals surface area contributed by atoms with E-state index >= 15 is 0 Å². The fraction of sp³-hybridized carbons (Fsp3) is 0.923. The zero-order valence-electron chi connectivity index (χ0n) is 12.2. The number of nitrogens with zero attached hydrogens (tertiary/aromatic N) is 3. The lowest BCUT2D eigenvalue weighted by Crippen LogP contribution is -2.53. The minimum atomic E-state index is -0.626. The number of β-amino-alcohol motifs (C(OH)–C–C–N with tert-alkyl or cyclic N) is 1. The highest BCUT2D eigenvalue weighted by atomic mass is 16.3. The molecule has 3 N–H and O–H groups in total. The molecule has 0 aromatic rings. The molecule has 0 unspecified atom stereocenters. The largest absolute Gasteiger partial charge is 0.389 e. The van der Waals surface area contributed by atoms with E-state index in [2.05, 4.69) is 28.6 Å². The summed E-state index contributed by atoms with van der Waals surface area (Å²) in [7, 11) is 0. The molecule has 0 amide bonds. The van der Waals surface area contributed by atoms with Crippen molar-refractivity contribution in [3.05, 3.63) is 0 Å². The summed E-state index contributed by atoms with van der Waals surface area (Å²) < 4.78 is 0. The molecule has 0 bridgehead atoms. The van der Waals surface area contributed by atoms with E-state index in [-0.39, 0.29) is 0 Å². The number of piperazine rings is 1. The molecule has 18 heavy (non-hydrogen) atoms. The number of guanidine groups is 1. The number of aliphatic imine (C=N–C) groups is 1. The minimum Gasteiger partial charge on any atom is -0.389 e. The molecular formula is C13H28N4O. The molecule has 0 aromatic carbocycles. The molecule has 0 radical (unpaired) electrons. The van der Waals surface area contributed by atoms with Crippen LogP contribution in [-0.2, 0) is 0 Å². The van der Waals surface area contributed by atoms with E-state index in [0.29, 0.717) is 18.4 Å². The molecule has 0 saturated carbocycles. The Balaban J connectivity index is 2.37. The van der Waals surface area contributed by atoms with Gasteiger partial charge in [0.1, 0.15) is 0 Å². The number of hydrogen-bond donors (Lipinski definition) is 2. The average Bonchev–Trinajstić information content (AvgIpc) is 2.24. The first-order valence-electron chi connectivity index (χ1n) is 6.77. The van der Waals surface area contributed by atoms with E-state index in [4.69, 9.17) is 5.73 Å². The zero-order valence-corrected chi connectivity index (χ0v) is 12.2. The van der Waals surface area contributed by atoms with E-state index < -0.39 is 5.60 Å². The third-order valence-electron chi connectivity index (χ3n) is 2.93. The van der Waals surface area contributed by atoms with Gasteiger partial charge in [0.05, 0.1) is 5.60 Å². The summed E-state index contributed by atoms with van der Waals surface area (Å²) in [6, 6.07) is 0. The van der Waals surface area contributed by atoms with Crippen molar-refractivity contribution in [1.82, 2.24) is 9.80 Å². The van der Waals surface area contributed by atoms with Gasteiger partial charge in [-0.3, -0.25) is 9.89 Å². The van der Waals surface area contributed by atoms with Gasteiger partial charge >= 0.3 is 0 Å². The van der Waals surface area contributed by atoms with Crippen LogP contribution in [0.3, 0.4) is 0 Å². The normalized spacial score (nSPS) is 19.7. The quantitative estimate of drug-likeness (QED) is 0.562. The summed E-state index contributed by atoms with van der Waals surface area (Å²) >= 11 is 0. The first kappa shape index (κ1) is 15.2. The molecule has 0 aliphatic carbocycles. The van der Waals surface area contributed by atoms with Crippen molar-refractivity contribution in [1.29, 1.82) is 0 Å². The maximum atomic E-state index is 9.79. The molecule has 5 heteroatoms. The van der Waals surface area contributed by atoms with E-state index in [1.807, 2.05) is 13.8 Å². The van der Waals surface area contributed by atoms with Gasteiger partial charge in [-0.05, 0) is 19.8 Å². The van der Waals surface area contributed by atoms with Crippen molar-refractivity contribution in [2.45, 2.75) is 33.3 Å². The summed E-state index contributed by atoms with van der Waals surface area (Å²) in [5.41, 5.74) is 5.35. The van der Waals surface area contributed by atoms with Gasteiger partial charge in [0.2, 0.25) is 0 Å². The molecule has 1 aliphatic rings. The smallest absolute Gasteiger partial charge is 0.191 e. The Morgan fingerprint density at radius 2 is 1.83 bits per heavy atom. The molecule has 0 atom stereocenters. The van der Waals surface area contributed by atoms with E-state index in [1.165, 1.54) is 0 Å². The predicted molar refractivity (Wildman–Crippen MR) is 75.6 cm³/mol. The highest BCUT2D eigenvalue weighted by molar-refractivity contribution is 5.78. The molecule has 0 aromatic heterocycles. The van der Waals surface area contributed by atoms with Crippen LogP contribution in [0.2, 0.25) is 0 Å². The molecule has 1 saturated heterocycles. The first-order chi connectivity index (χ1) is 8.28. The first-order valence-corrected chi connectivity index (χ1v) is 6.77. The minimum absolute atomic E-state index is 0.542. The average molecular weight is 256 g/mol. The van der Waals surface area contributed by atoms with Crippen LogP contribution < -0.4 is 5.73 Å². The third kappa shape index (κ3) is 5.69. The van der Waals surface area contributed by atoms with Crippen LogP contribution in [0.1, 0.15) is 27.7 Å². The van der Waals surface area contributed by atoms with Crippen molar-refractivity contribution < 1.29 is 5.11 Å². The number of hydrogen-bond acceptors (Lipinski definition) is 3. The molecule has 0 spiro atoms. The summed E-state index contributed by atoms with van der Waals surface area (Å²) in [5.74, 6) is 1.20.